The van der Waals surface area contributed by atoms with Crippen LogP contribution in [0.1, 0.15) is 49.9 Å². The molecule has 0 radical (unpaired) electrons. The van der Waals surface area contributed by atoms with E-state index in [1.807, 2.05) is 0 Å². The maximum Gasteiger partial charge on any atom is 0.0165 e. The fourth-order valence-corrected chi connectivity index (χ4v) is 11.1. The summed E-state index contributed by atoms with van der Waals surface area (Å²) in [6.07, 6.45) is 0. The third-order valence-electron chi connectivity index (χ3n) is 13.8. The van der Waals surface area contributed by atoms with E-state index in [4.69, 9.17) is 0 Å². The third kappa shape index (κ3) is 4.52. The van der Waals surface area contributed by atoms with Gasteiger partial charge in [0.15, 0.2) is 0 Å². The fraction of sp³-hybridized carbons (Fsp3) is 0.103. The standard InChI is InChI=1S/C58H42/c1-57(2)51-17-7-5-11-45(51)49-15-9-13-43(55(49)57)37-23-19-35(20-24-37)41-31-27-39-30-34-48-42(32-28-40-29-33-47(41)53(39)54(40)48)36-21-25-38(26-22-36)44-14-10-16-50-46-12-6-8-18-52(46)58(3,4)56(44)50/h5-34H,1-4H3. The maximum atomic E-state index is 2.37. The van der Waals surface area contributed by atoms with E-state index in [2.05, 4.69) is 210 Å². The first-order chi connectivity index (χ1) is 28.3. The topological polar surface area (TPSA) is 0 Å². The second-order valence-electron chi connectivity index (χ2n) is 17.6. The summed E-state index contributed by atoms with van der Waals surface area (Å²) in [6, 6.07) is 68.6. The lowest BCUT2D eigenvalue weighted by Crippen LogP contribution is -2.16. The molecule has 2 aliphatic rings. The number of fused-ring (bicyclic) bond motifs is 6. The molecule has 0 heterocycles. The molecule has 12 rings (SSSR count). The summed E-state index contributed by atoms with van der Waals surface area (Å²) in [5, 5.41) is 7.85. The van der Waals surface area contributed by atoms with Crippen LogP contribution in [0, 0.1) is 0 Å². The van der Waals surface area contributed by atoms with Crippen molar-refractivity contribution in [3.8, 4) is 66.8 Å². The Morgan fingerprint density at radius 2 is 0.586 bits per heavy atom. The van der Waals surface area contributed by atoms with Gasteiger partial charge in [0.1, 0.15) is 0 Å². The molecule has 0 amide bonds. The van der Waals surface area contributed by atoms with E-state index in [-0.39, 0.29) is 10.8 Å². The van der Waals surface area contributed by atoms with Crippen molar-refractivity contribution in [2.45, 2.75) is 38.5 Å². The first-order valence-electron chi connectivity index (χ1n) is 20.7. The van der Waals surface area contributed by atoms with Crippen LogP contribution in [0.4, 0.5) is 0 Å². The highest BCUT2D eigenvalue weighted by atomic mass is 14.4. The molecule has 10 aromatic carbocycles. The van der Waals surface area contributed by atoms with E-state index in [1.165, 1.54) is 121 Å². The Morgan fingerprint density at radius 1 is 0.259 bits per heavy atom. The van der Waals surface area contributed by atoms with Crippen molar-refractivity contribution in [1.29, 1.82) is 0 Å². The van der Waals surface area contributed by atoms with Crippen LogP contribution in [0.2, 0.25) is 0 Å². The van der Waals surface area contributed by atoms with Crippen molar-refractivity contribution >= 4 is 32.3 Å². The Morgan fingerprint density at radius 3 is 1.00 bits per heavy atom. The average Bonchev–Trinajstić information content (AvgIpc) is 3.65. The van der Waals surface area contributed by atoms with Crippen molar-refractivity contribution in [2.75, 3.05) is 0 Å². The Kier molecular flexibility index (Phi) is 6.84. The summed E-state index contributed by atoms with van der Waals surface area (Å²) < 4.78 is 0. The molecule has 0 fully saturated rings. The van der Waals surface area contributed by atoms with Crippen molar-refractivity contribution < 1.29 is 0 Å². The second-order valence-corrected chi connectivity index (χ2v) is 17.6. The molecular formula is C58H42. The van der Waals surface area contributed by atoms with Gasteiger partial charge in [-0.1, -0.05) is 210 Å². The number of hydrogen-bond acceptors (Lipinski definition) is 0. The van der Waals surface area contributed by atoms with Gasteiger partial charge in [0, 0.05) is 10.8 Å². The zero-order valence-electron chi connectivity index (χ0n) is 33.3. The van der Waals surface area contributed by atoms with Crippen LogP contribution >= 0.6 is 0 Å². The van der Waals surface area contributed by atoms with Crippen LogP contribution in [0.25, 0.3) is 99.1 Å². The number of rotatable bonds is 4. The third-order valence-corrected chi connectivity index (χ3v) is 13.8. The maximum absolute atomic E-state index is 2.37. The summed E-state index contributed by atoms with van der Waals surface area (Å²) in [5.74, 6) is 0. The second kappa shape index (κ2) is 11.9. The lowest BCUT2D eigenvalue weighted by atomic mass is 9.78. The summed E-state index contributed by atoms with van der Waals surface area (Å²) >= 11 is 0. The highest BCUT2D eigenvalue weighted by molar-refractivity contribution is 6.27. The van der Waals surface area contributed by atoms with Crippen molar-refractivity contribution in [3.63, 3.8) is 0 Å². The van der Waals surface area contributed by atoms with Crippen LogP contribution < -0.4 is 0 Å². The normalized spacial score (nSPS) is 14.5. The lowest BCUT2D eigenvalue weighted by Gasteiger charge is -2.24. The summed E-state index contributed by atoms with van der Waals surface area (Å²) in [7, 11) is 0. The minimum absolute atomic E-state index is 0.0551. The van der Waals surface area contributed by atoms with E-state index >= 15 is 0 Å². The summed E-state index contributed by atoms with van der Waals surface area (Å²) in [6.45, 7) is 9.48. The number of benzene rings is 10. The van der Waals surface area contributed by atoms with Crippen molar-refractivity contribution in [3.05, 3.63) is 204 Å². The molecule has 0 bridgehead atoms. The highest BCUT2D eigenvalue weighted by Crippen LogP contribution is 2.54. The smallest absolute Gasteiger partial charge is 0.0165 e. The molecule has 0 aromatic heterocycles. The van der Waals surface area contributed by atoms with E-state index in [0.717, 1.165) is 0 Å². The minimum Gasteiger partial charge on any atom is -0.0619 e. The van der Waals surface area contributed by atoms with Gasteiger partial charge in [0.2, 0.25) is 0 Å². The van der Waals surface area contributed by atoms with Crippen molar-refractivity contribution in [1.82, 2.24) is 0 Å². The fourth-order valence-electron chi connectivity index (χ4n) is 11.1. The molecule has 0 N–H and O–H groups in total. The van der Waals surface area contributed by atoms with Crippen LogP contribution in [0.3, 0.4) is 0 Å². The van der Waals surface area contributed by atoms with Gasteiger partial charge in [-0.25, -0.2) is 0 Å². The molecule has 0 unspecified atom stereocenters. The van der Waals surface area contributed by atoms with Crippen LogP contribution in [-0.4, -0.2) is 0 Å². The quantitative estimate of drug-likeness (QED) is 0.158. The van der Waals surface area contributed by atoms with Gasteiger partial charge in [-0.05, 0) is 121 Å². The Balaban J connectivity index is 0.931. The molecule has 0 spiro atoms. The first kappa shape index (κ1) is 33.4. The van der Waals surface area contributed by atoms with Gasteiger partial charge in [-0.15, -0.1) is 0 Å². The molecule has 0 heteroatoms. The molecule has 10 aromatic rings. The van der Waals surface area contributed by atoms with Crippen LogP contribution in [-0.2, 0) is 10.8 Å². The Bertz CT molecular complexity index is 3080. The Hall–Kier alpha value is -6.76. The van der Waals surface area contributed by atoms with Gasteiger partial charge in [-0.3, -0.25) is 0 Å². The molecule has 0 nitrogen and oxygen atoms in total. The predicted molar refractivity (Wildman–Crippen MR) is 247 cm³/mol. The Labute approximate surface area is 340 Å². The highest BCUT2D eigenvalue weighted by Gasteiger charge is 2.38. The summed E-state index contributed by atoms with van der Waals surface area (Å²) in [5.41, 5.74) is 21.2. The van der Waals surface area contributed by atoms with E-state index in [0.29, 0.717) is 0 Å². The molecule has 274 valence electrons. The SMILES string of the molecule is CC1(C)c2ccccc2-c2cccc(-c3ccc(-c4ccc5ccc6c(-c7ccc(-c8cccc9c8C(C)(C)c8ccccc8-9)cc7)ccc7ccc4c5c76)cc3)c21. The van der Waals surface area contributed by atoms with E-state index < -0.39 is 0 Å². The van der Waals surface area contributed by atoms with E-state index in [1.54, 1.807) is 0 Å². The predicted octanol–water partition coefficient (Wildman–Crippen LogP) is 15.9. The monoisotopic (exact) mass is 738 g/mol. The van der Waals surface area contributed by atoms with Gasteiger partial charge >= 0.3 is 0 Å². The molecule has 58 heavy (non-hydrogen) atoms. The van der Waals surface area contributed by atoms with Crippen LogP contribution in [0.15, 0.2) is 182 Å². The first-order valence-corrected chi connectivity index (χ1v) is 20.7. The molecule has 0 saturated carbocycles. The van der Waals surface area contributed by atoms with Gasteiger partial charge < -0.3 is 0 Å². The molecule has 0 atom stereocenters. The minimum atomic E-state index is -0.0551. The largest absolute Gasteiger partial charge is 0.0619 e. The summed E-state index contributed by atoms with van der Waals surface area (Å²) in [4.78, 5) is 0. The number of hydrogen-bond donors (Lipinski definition) is 0. The van der Waals surface area contributed by atoms with Crippen molar-refractivity contribution in [2.24, 2.45) is 0 Å². The van der Waals surface area contributed by atoms with E-state index in [9.17, 15) is 0 Å². The van der Waals surface area contributed by atoms with Gasteiger partial charge in [0.05, 0.1) is 0 Å². The zero-order valence-corrected chi connectivity index (χ0v) is 33.3. The molecule has 2 aliphatic carbocycles. The van der Waals surface area contributed by atoms with Crippen LogP contribution in [0.5, 0.6) is 0 Å². The average molecular weight is 739 g/mol. The van der Waals surface area contributed by atoms with Gasteiger partial charge in [0.25, 0.3) is 0 Å². The molecular weight excluding hydrogens is 697 g/mol. The molecule has 0 aliphatic heterocycles. The lowest BCUT2D eigenvalue weighted by molar-refractivity contribution is 0.662. The zero-order chi connectivity index (χ0) is 38.9. The van der Waals surface area contributed by atoms with Gasteiger partial charge in [-0.2, -0.15) is 0 Å². The molecule has 0 saturated heterocycles.